The Hall–Kier alpha value is -4.93. The van der Waals surface area contributed by atoms with Gasteiger partial charge < -0.3 is 19.1 Å². The number of rotatable bonds is 6. The topological polar surface area (TPSA) is 46.4 Å². The minimum absolute atomic E-state index is 0. The Morgan fingerprint density at radius 3 is 2.23 bits per heavy atom. The van der Waals surface area contributed by atoms with Crippen LogP contribution in [0.4, 0.5) is 17.1 Å². The van der Waals surface area contributed by atoms with Crippen LogP contribution in [0.5, 0.6) is 11.5 Å². The molecule has 0 atom stereocenters. The van der Waals surface area contributed by atoms with Gasteiger partial charge in [0.1, 0.15) is 5.82 Å². The molecule has 0 amide bonds. The summed E-state index contributed by atoms with van der Waals surface area (Å²) in [7, 11) is 2.06. The molecule has 5 aliphatic rings. The fourth-order valence-electron chi connectivity index (χ4n) is 10.8. The molecule has 53 heavy (non-hydrogen) atoms. The van der Waals surface area contributed by atoms with Gasteiger partial charge in [0.05, 0.1) is 0 Å². The molecular weight excluding hydrogens is 834 g/mol. The molecule has 6 nitrogen and oxygen atoms in total. The van der Waals surface area contributed by atoms with Gasteiger partial charge in [-0.3, -0.25) is 4.98 Å². The first kappa shape index (κ1) is 32.7. The molecular formula is C46H38N5OPt-3. The SMILES string of the molecule is CN1[CH-]N(c2[c-]c(Oc3[c-]c4c(cc3)c3ccccc3n4-c3cc(C4(c5ccncc5)C5CC6CC(C5)CC4C6)ccn3)ccc2)c2ccccc21.[Pt]. The smallest absolute Gasteiger partial charge is 0.135 e. The van der Waals surface area contributed by atoms with Gasteiger partial charge in [0.2, 0.25) is 0 Å². The van der Waals surface area contributed by atoms with E-state index in [9.17, 15) is 0 Å². The number of hydrogen-bond acceptors (Lipinski definition) is 5. The quantitative estimate of drug-likeness (QED) is 0.156. The maximum Gasteiger partial charge on any atom is 0.135 e. The second-order valence-corrected chi connectivity index (χ2v) is 15.3. The second kappa shape index (κ2) is 12.6. The molecule has 12 rings (SSSR count). The van der Waals surface area contributed by atoms with Crippen LogP contribution >= 0.6 is 0 Å². The Morgan fingerprint density at radius 2 is 1.42 bits per heavy atom. The van der Waals surface area contributed by atoms with Gasteiger partial charge in [-0.2, -0.15) is 18.8 Å². The summed E-state index contributed by atoms with van der Waals surface area (Å²) >= 11 is 0. The molecule has 0 N–H and O–H groups in total. The van der Waals surface area contributed by atoms with Crippen molar-refractivity contribution in [1.29, 1.82) is 0 Å². The number of nitrogens with zero attached hydrogens (tertiary/aromatic N) is 5. The first-order valence-corrected chi connectivity index (χ1v) is 18.6. The zero-order valence-electron chi connectivity index (χ0n) is 29.4. The van der Waals surface area contributed by atoms with Gasteiger partial charge in [0, 0.05) is 73.5 Å². The monoisotopic (exact) mass is 871 g/mol. The van der Waals surface area contributed by atoms with Crippen LogP contribution in [0.1, 0.15) is 43.2 Å². The maximum absolute atomic E-state index is 6.54. The average molecular weight is 872 g/mol. The molecule has 7 aromatic rings. The van der Waals surface area contributed by atoms with Crippen LogP contribution in [-0.2, 0) is 26.5 Å². The van der Waals surface area contributed by atoms with Gasteiger partial charge in [-0.1, -0.05) is 35.8 Å². The number of para-hydroxylation sites is 3. The molecule has 1 aliphatic heterocycles. The van der Waals surface area contributed by atoms with Crippen LogP contribution in [0.3, 0.4) is 0 Å². The largest absolute Gasteiger partial charge is 0.509 e. The predicted molar refractivity (Wildman–Crippen MR) is 206 cm³/mol. The van der Waals surface area contributed by atoms with E-state index in [0.717, 1.165) is 51.1 Å². The van der Waals surface area contributed by atoms with E-state index >= 15 is 0 Å². The molecule has 4 saturated carbocycles. The minimum atomic E-state index is -0.0340. The van der Waals surface area contributed by atoms with Crippen molar-refractivity contribution in [2.75, 3.05) is 16.8 Å². The van der Waals surface area contributed by atoms with Gasteiger partial charge in [0.15, 0.2) is 0 Å². The van der Waals surface area contributed by atoms with Crippen molar-refractivity contribution in [2.45, 2.75) is 37.5 Å². The van der Waals surface area contributed by atoms with Crippen LogP contribution in [0.15, 0.2) is 122 Å². The number of aromatic nitrogens is 3. The van der Waals surface area contributed by atoms with Crippen LogP contribution in [0.2, 0.25) is 0 Å². The summed E-state index contributed by atoms with van der Waals surface area (Å²) in [6, 6.07) is 43.6. The fraction of sp³-hybridized carbons (Fsp3) is 0.239. The molecule has 0 saturated heterocycles. The number of anilines is 3. The van der Waals surface area contributed by atoms with Crippen molar-refractivity contribution in [3.8, 4) is 17.3 Å². The summed E-state index contributed by atoms with van der Waals surface area (Å²) < 4.78 is 8.82. The van der Waals surface area contributed by atoms with Crippen molar-refractivity contribution in [3.63, 3.8) is 0 Å². The summed E-state index contributed by atoms with van der Waals surface area (Å²) in [6.07, 6.45) is 12.7. The summed E-state index contributed by atoms with van der Waals surface area (Å²) in [4.78, 5) is 13.8. The Balaban J connectivity index is 0.00000349. The maximum atomic E-state index is 6.54. The van der Waals surface area contributed by atoms with E-state index in [2.05, 4.69) is 130 Å². The summed E-state index contributed by atoms with van der Waals surface area (Å²) in [6.45, 7) is 2.08. The molecule has 0 unspecified atom stereocenters. The molecule has 7 heteroatoms. The van der Waals surface area contributed by atoms with E-state index < -0.39 is 0 Å². The van der Waals surface area contributed by atoms with Crippen molar-refractivity contribution < 1.29 is 25.8 Å². The molecule has 266 valence electrons. The van der Waals surface area contributed by atoms with Gasteiger partial charge >= 0.3 is 0 Å². The number of benzene rings is 4. The molecule has 4 aliphatic carbocycles. The van der Waals surface area contributed by atoms with E-state index in [4.69, 9.17) is 9.72 Å². The van der Waals surface area contributed by atoms with Gasteiger partial charge in [-0.15, -0.1) is 41.4 Å². The van der Waals surface area contributed by atoms with Crippen molar-refractivity contribution >= 4 is 38.9 Å². The van der Waals surface area contributed by atoms with E-state index in [-0.39, 0.29) is 26.5 Å². The normalized spacial score (nSPS) is 24.1. The summed E-state index contributed by atoms with van der Waals surface area (Å²) in [5.41, 5.74) is 8.01. The van der Waals surface area contributed by atoms with Gasteiger partial charge in [0.25, 0.3) is 0 Å². The van der Waals surface area contributed by atoms with Gasteiger partial charge in [-0.05, 0) is 122 Å². The molecule has 4 heterocycles. The minimum Gasteiger partial charge on any atom is -0.509 e. The molecule has 4 fully saturated rings. The average Bonchev–Trinajstić information content (AvgIpc) is 3.69. The zero-order chi connectivity index (χ0) is 34.4. The Labute approximate surface area is 324 Å². The Bertz CT molecular complexity index is 2470. The molecule has 0 spiro atoms. The molecule has 4 bridgehead atoms. The van der Waals surface area contributed by atoms with Gasteiger partial charge in [-0.25, -0.2) is 4.98 Å². The standard InChI is InChI=1S/C46H38N5O.Pt/c1-49-29-50(43-12-5-4-11-42(43)49)36-7-6-8-37(27-36)52-38-13-14-40-39-9-2-3-10-41(39)51(44(40)28-38)45-26-33(17-20-48-45)46(32-15-18-47-19-16-32)34-22-30-21-31(24-34)25-35(46)23-30;/h2-20,26,29-31,34-35H,21-25H2,1H3;/q-3;. The summed E-state index contributed by atoms with van der Waals surface area (Å²) in [5.74, 6) is 5.19. The Morgan fingerprint density at radius 1 is 0.698 bits per heavy atom. The third-order valence-electron chi connectivity index (χ3n) is 12.6. The molecule has 3 aromatic heterocycles. The van der Waals surface area contributed by atoms with Crippen molar-refractivity contribution in [1.82, 2.24) is 14.5 Å². The van der Waals surface area contributed by atoms with Crippen LogP contribution in [-0.4, -0.2) is 21.6 Å². The third-order valence-corrected chi connectivity index (χ3v) is 12.6. The first-order valence-electron chi connectivity index (χ1n) is 18.6. The summed E-state index contributed by atoms with van der Waals surface area (Å²) in [5, 5.41) is 2.30. The number of hydrogen-bond donors (Lipinski definition) is 0. The Kier molecular flexibility index (Phi) is 7.77. The van der Waals surface area contributed by atoms with Crippen LogP contribution in [0, 0.1) is 42.5 Å². The second-order valence-electron chi connectivity index (χ2n) is 15.3. The van der Waals surface area contributed by atoms with Crippen molar-refractivity contribution in [2.24, 2.45) is 23.7 Å². The zero-order valence-corrected chi connectivity index (χ0v) is 31.7. The molecule has 4 aromatic carbocycles. The van der Waals surface area contributed by atoms with E-state index in [1.165, 1.54) is 48.6 Å². The van der Waals surface area contributed by atoms with Crippen molar-refractivity contribution in [3.05, 3.63) is 152 Å². The molecule has 0 radical (unpaired) electrons. The fourth-order valence-corrected chi connectivity index (χ4v) is 10.8. The van der Waals surface area contributed by atoms with Crippen LogP contribution in [0.25, 0.3) is 27.6 Å². The number of pyridine rings is 2. The van der Waals surface area contributed by atoms with E-state index in [0.29, 0.717) is 23.3 Å². The predicted octanol–water partition coefficient (Wildman–Crippen LogP) is 10.4. The number of fused-ring (bicyclic) bond motifs is 4. The van der Waals surface area contributed by atoms with E-state index in [1.807, 2.05) is 36.8 Å². The van der Waals surface area contributed by atoms with Crippen LogP contribution < -0.4 is 14.5 Å². The first-order chi connectivity index (χ1) is 25.6. The number of ether oxygens (including phenoxy) is 1. The van der Waals surface area contributed by atoms with E-state index in [1.54, 1.807) is 0 Å². The third kappa shape index (κ3) is 5.02.